The zero-order chi connectivity index (χ0) is 44.8. The molecule has 0 N–H and O–H groups in total. The maximum Gasteiger partial charge on any atom is 0.333 e. The Kier molecular flexibility index (Phi) is 7.94. The fourth-order valence-electron chi connectivity index (χ4n) is 12.9. The number of anilines is 5. The molecule has 0 fully saturated rings. The van der Waals surface area contributed by atoms with E-state index in [4.69, 9.17) is 4.42 Å². The van der Waals surface area contributed by atoms with E-state index in [9.17, 15) is 0 Å². The Bertz CT molecular complexity index is 3620. The van der Waals surface area contributed by atoms with Gasteiger partial charge in [-0.15, -0.1) is 0 Å². The third-order valence-corrected chi connectivity index (χ3v) is 16.2. The van der Waals surface area contributed by atoms with Crippen molar-refractivity contribution in [2.24, 2.45) is 0 Å². The lowest BCUT2D eigenvalue weighted by atomic mass is 9.42. The molecule has 4 heterocycles. The molecule has 0 atom stereocenters. The van der Waals surface area contributed by atoms with Gasteiger partial charge < -0.3 is 14.1 Å². The first-order valence-electron chi connectivity index (χ1n) is 24.0. The van der Waals surface area contributed by atoms with Crippen molar-refractivity contribution < 1.29 is 4.42 Å². The first-order valence-corrected chi connectivity index (χ1v) is 24.0. The third kappa shape index (κ3) is 5.19. The van der Waals surface area contributed by atoms with Crippen molar-refractivity contribution in [1.29, 1.82) is 0 Å². The Morgan fingerprint density at radius 1 is 0.478 bits per heavy atom. The number of furan rings is 1. The third-order valence-electron chi connectivity index (χ3n) is 16.2. The quantitative estimate of drug-likeness (QED) is 0.164. The van der Waals surface area contributed by atoms with Gasteiger partial charge in [-0.05, 0) is 133 Å². The molecule has 4 heteroatoms. The molecule has 0 spiro atoms. The fraction of sp³-hybridized carbons (Fsp3) is 0.143. The van der Waals surface area contributed by atoms with E-state index in [1.807, 2.05) is 0 Å². The lowest BCUT2D eigenvalue weighted by Crippen LogP contribution is -2.62. The molecule has 14 rings (SSSR count). The lowest BCUT2D eigenvalue weighted by molar-refractivity contribution is 0.332. The summed E-state index contributed by atoms with van der Waals surface area (Å²) in [5, 5.41) is 2.27. The minimum Gasteiger partial charge on any atom is -0.455 e. The molecule has 67 heavy (non-hydrogen) atoms. The standard InChI is InChI=1S/C63H49BN2O/c1-61(2)35-36-62(3,4)51-39-44(31-33-48(51)61)66-54-34-32-46-45-25-14-17-30-56(45)67-60(46)57(54)47-37-41(40-19-8-5-9-20-40)38-55-58(47)64(66)52-28-18-27-50-59(52)65(55)53-29-16-15-26-49(53)63(50,42-21-10-6-11-22-42)43-23-12-7-13-24-43/h5-34,37-39H,35-36H2,1-4H3. The van der Waals surface area contributed by atoms with Crippen LogP contribution in [0.2, 0.25) is 0 Å². The van der Waals surface area contributed by atoms with Crippen molar-refractivity contribution in [3.05, 3.63) is 234 Å². The van der Waals surface area contributed by atoms with Crippen LogP contribution in [0.1, 0.15) is 73.9 Å². The van der Waals surface area contributed by atoms with Crippen LogP contribution in [0.4, 0.5) is 28.4 Å². The molecule has 3 nitrogen and oxygen atoms in total. The van der Waals surface area contributed by atoms with Gasteiger partial charge in [0.05, 0.1) is 11.1 Å². The summed E-state index contributed by atoms with van der Waals surface area (Å²) in [6.07, 6.45) is 2.32. The van der Waals surface area contributed by atoms with Crippen LogP contribution in [-0.4, -0.2) is 6.85 Å². The average Bonchev–Trinajstić information content (AvgIpc) is 3.76. The van der Waals surface area contributed by atoms with Gasteiger partial charge in [0.25, 0.3) is 0 Å². The van der Waals surface area contributed by atoms with Crippen LogP contribution < -0.4 is 20.6 Å². The molecule has 0 unspecified atom stereocenters. The summed E-state index contributed by atoms with van der Waals surface area (Å²) >= 11 is 0. The zero-order valence-corrected chi connectivity index (χ0v) is 38.3. The van der Waals surface area contributed by atoms with Crippen molar-refractivity contribution >= 4 is 68.1 Å². The van der Waals surface area contributed by atoms with Crippen LogP contribution in [0.3, 0.4) is 0 Å². The molecule has 320 valence electrons. The number of nitrogens with zero attached hydrogens (tertiary/aromatic N) is 2. The summed E-state index contributed by atoms with van der Waals surface area (Å²) in [5.41, 5.74) is 22.6. The second-order valence-electron chi connectivity index (χ2n) is 20.6. The number of hydrogen-bond acceptors (Lipinski definition) is 3. The number of para-hydroxylation sites is 3. The molecule has 0 bridgehead atoms. The van der Waals surface area contributed by atoms with E-state index >= 15 is 0 Å². The van der Waals surface area contributed by atoms with E-state index in [2.05, 4.69) is 238 Å². The minimum atomic E-state index is -0.600. The van der Waals surface area contributed by atoms with Gasteiger partial charge in [0, 0.05) is 39.1 Å². The topological polar surface area (TPSA) is 19.6 Å². The SMILES string of the molecule is CC1(C)CCC(C)(C)c2cc(N3B4c5cccc6c5N(c5ccccc5C6(c5ccccc5)c5ccccc5)c5cc(-c6ccccc6)cc(c54)-c4c3ccc3c4oc4ccccc43)ccc21. The summed E-state index contributed by atoms with van der Waals surface area (Å²) in [6, 6.07) is 75.3. The average molecular weight is 861 g/mol. The Hall–Kier alpha value is -7.56. The molecule has 10 aromatic rings. The molecule has 3 aliphatic heterocycles. The summed E-state index contributed by atoms with van der Waals surface area (Å²) in [5.74, 6) is 0. The highest BCUT2D eigenvalue weighted by Gasteiger charge is 2.53. The van der Waals surface area contributed by atoms with E-state index in [0.717, 1.165) is 39.6 Å². The molecular formula is C63H49BN2O. The van der Waals surface area contributed by atoms with Crippen molar-refractivity contribution in [3.63, 3.8) is 0 Å². The van der Waals surface area contributed by atoms with Gasteiger partial charge in [0.15, 0.2) is 0 Å². The van der Waals surface area contributed by atoms with Crippen LogP contribution >= 0.6 is 0 Å². The highest BCUT2D eigenvalue weighted by Crippen LogP contribution is 2.60. The maximum atomic E-state index is 7.11. The number of rotatable bonds is 4. The summed E-state index contributed by atoms with van der Waals surface area (Å²) in [7, 11) is 0. The number of benzene rings is 9. The Balaban J connectivity index is 1.16. The Labute approximate surface area is 393 Å². The van der Waals surface area contributed by atoms with Crippen molar-refractivity contribution in [2.45, 2.75) is 56.8 Å². The van der Waals surface area contributed by atoms with Gasteiger partial charge in [0.2, 0.25) is 0 Å². The van der Waals surface area contributed by atoms with Gasteiger partial charge >= 0.3 is 6.85 Å². The molecule has 0 saturated heterocycles. The summed E-state index contributed by atoms with van der Waals surface area (Å²) in [6.45, 7) is 9.58. The second-order valence-corrected chi connectivity index (χ2v) is 20.6. The normalized spacial score (nSPS) is 16.5. The molecule has 0 saturated carbocycles. The van der Waals surface area contributed by atoms with E-state index in [1.54, 1.807) is 0 Å². The zero-order valence-electron chi connectivity index (χ0n) is 38.3. The van der Waals surface area contributed by atoms with Crippen molar-refractivity contribution in [3.8, 4) is 22.3 Å². The van der Waals surface area contributed by atoms with Crippen molar-refractivity contribution in [1.82, 2.24) is 0 Å². The van der Waals surface area contributed by atoms with Gasteiger partial charge in [-0.3, -0.25) is 0 Å². The predicted octanol–water partition coefficient (Wildman–Crippen LogP) is 15.0. The number of hydrogen-bond donors (Lipinski definition) is 0. The Morgan fingerprint density at radius 3 is 1.90 bits per heavy atom. The number of fused-ring (bicyclic) bond motifs is 11. The van der Waals surface area contributed by atoms with Crippen LogP contribution in [0.25, 0.3) is 44.2 Å². The monoisotopic (exact) mass is 860 g/mol. The van der Waals surface area contributed by atoms with E-state index in [-0.39, 0.29) is 17.7 Å². The van der Waals surface area contributed by atoms with E-state index < -0.39 is 5.41 Å². The molecule has 0 radical (unpaired) electrons. The smallest absolute Gasteiger partial charge is 0.333 e. The molecule has 9 aromatic carbocycles. The lowest BCUT2D eigenvalue weighted by Gasteiger charge is -2.52. The molecule has 0 amide bonds. The van der Waals surface area contributed by atoms with E-state index in [0.29, 0.717) is 0 Å². The fourth-order valence-corrected chi connectivity index (χ4v) is 12.9. The first-order chi connectivity index (χ1) is 32.7. The Morgan fingerprint density at radius 2 is 1.13 bits per heavy atom. The van der Waals surface area contributed by atoms with Gasteiger partial charge in [-0.1, -0.05) is 179 Å². The van der Waals surface area contributed by atoms with Crippen LogP contribution in [0, 0.1) is 0 Å². The van der Waals surface area contributed by atoms with E-state index in [1.165, 1.54) is 90.2 Å². The first kappa shape index (κ1) is 38.7. The van der Waals surface area contributed by atoms with Crippen LogP contribution in [-0.2, 0) is 16.2 Å². The molecular weight excluding hydrogens is 812 g/mol. The maximum absolute atomic E-state index is 7.11. The van der Waals surface area contributed by atoms with Gasteiger partial charge in [-0.2, -0.15) is 0 Å². The highest BCUT2D eigenvalue weighted by molar-refractivity contribution is 6.93. The van der Waals surface area contributed by atoms with Crippen LogP contribution in [0.5, 0.6) is 0 Å². The molecule has 4 aliphatic rings. The minimum absolute atomic E-state index is 0.0276. The van der Waals surface area contributed by atoms with Gasteiger partial charge in [0.1, 0.15) is 11.2 Å². The highest BCUT2D eigenvalue weighted by atomic mass is 16.3. The second kappa shape index (κ2) is 13.7. The van der Waals surface area contributed by atoms with Gasteiger partial charge in [-0.25, -0.2) is 0 Å². The molecule has 1 aliphatic carbocycles. The largest absolute Gasteiger partial charge is 0.455 e. The van der Waals surface area contributed by atoms with Crippen LogP contribution in [0.15, 0.2) is 205 Å². The van der Waals surface area contributed by atoms with Crippen molar-refractivity contribution in [2.75, 3.05) is 9.71 Å². The molecule has 1 aromatic heterocycles. The summed E-state index contributed by atoms with van der Waals surface area (Å²) in [4.78, 5) is 5.32. The predicted molar refractivity (Wildman–Crippen MR) is 280 cm³/mol. The summed E-state index contributed by atoms with van der Waals surface area (Å²) < 4.78 is 7.11.